The van der Waals surface area contributed by atoms with Crippen LogP contribution in [0.4, 0.5) is 0 Å². The van der Waals surface area contributed by atoms with E-state index in [9.17, 15) is 14.7 Å². The zero-order valence-corrected chi connectivity index (χ0v) is 11.9. The molecule has 21 heavy (non-hydrogen) atoms. The minimum absolute atomic E-state index is 0.00354. The van der Waals surface area contributed by atoms with Crippen molar-refractivity contribution in [2.75, 3.05) is 13.2 Å². The summed E-state index contributed by atoms with van der Waals surface area (Å²) in [6, 6.07) is 4.95. The number of para-hydroxylation sites is 1. The third-order valence-electron chi connectivity index (χ3n) is 4.28. The summed E-state index contributed by atoms with van der Waals surface area (Å²) in [6.45, 7) is 4.11. The van der Waals surface area contributed by atoms with Crippen LogP contribution in [0.1, 0.15) is 30.1 Å². The Morgan fingerprint density at radius 3 is 2.81 bits per heavy atom. The van der Waals surface area contributed by atoms with Crippen molar-refractivity contribution in [2.24, 2.45) is 5.41 Å². The molecule has 0 unspecified atom stereocenters. The fraction of sp³-hybridized carbons (Fsp3) is 0.467. The summed E-state index contributed by atoms with van der Waals surface area (Å²) >= 11 is 0. The SMILES string of the molecule is CC1(Cn2c(=O)[nH]c3c(C(=O)O)cccc32)CCOCC1. The molecule has 2 N–H and O–H groups in total. The van der Waals surface area contributed by atoms with Gasteiger partial charge in [-0.25, -0.2) is 9.59 Å². The molecular weight excluding hydrogens is 272 g/mol. The number of carboxylic acid groups (broad SMARTS) is 1. The standard InChI is InChI=1S/C15H18N2O4/c1-15(5-7-21-8-6-15)9-17-11-4-2-3-10(13(18)19)12(11)16-14(17)20/h2-4H,5-9H2,1H3,(H,16,20)(H,18,19). The van der Waals surface area contributed by atoms with Crippen LogP contribution in [-0.4, -0.2) is 33.8 Å². The number of aromatic nitrogens is 2. The first kappa shape index (κ1) is 13.9. The zero-order chi connectivity index (χ0) is 15.0. The summed E-state index contributed by atoms with van der Waals surface area (Å²) in [5, 5.41) is 9.21. The predicted octanol–water partition coefficient (Wildman–Crippen LogP) is 1.84. The second kappa shape index (κ2) is 5.04. The van der Waals surface area contributed by atoms with Crippen LogP contribution in [0.2, 0.25) is 0 Å². The minimum Gasteiger partial charge on any atom is -0.478 e. The number of carboxylic acids is 1. The molecule has 0 spiro atoms. The predicted molar refractivity (Wildman–Crippen MR) is 77.7 cm³/mol. The summed E-state index contributed by atoms with van der Waals surface area (Å²) in [4.78, 5) is 26.1. The lowest BCUT2D eigenvalue weighted by Gasteiger charge is -2.33. The summed E-state index contributed by atoms with van der Waals surface area (Å²) < 4.78 is 7.03. The van der Waals surface area contributed by atoms with Crippen molar-refractivity contribution >= 4 is 17.0 Å². The number of aromatic amines is 1. The third-order valence-corrected chi connectivity index (χ3v) is 4.28. The molecule has 0 atom stereocenters. The van der Waals surface area contributed by atoms with Gasteiger partial charge in [0.1, 0.15) is 0 Å². The fourth-order valence-electron chi connectivity index (χ4n) is 2.92. The van der Waals surface area contributed by atoms with Crippen LogP contribution in [0.25, 0.3) is 11.0 Å². The van der Waals surface area contributed by atoms with Gasteiger partial charge >= 0.3 is 11.7 Å². The smallest absolute Gasteiger partial charge is 0.337 e. The van der Waals surface area contributed by atoms with Gasteiger partial charge in [0.15, 0.2) is 0 Å². The summed E-state index contributed by atoms with van der Waals surface area (Å²) in [5.74, 6) is -1.04. The minimum atomic E-state index is -1.04. The fourth-order valence-corrected chi connectivity index (χ4v) is 2.92. The Bertz CT molecular complexity index is 738. The van der Waals surface area contributed by atoms with Gasteiger partial charge in [0.2, 0.25) is 0 Å². The molecule has 1 saturated heterocycles. The van der Waals surface area contributed by atoms with Crippen molar-refractivity contribution in [3.8, 4) is 0 Å². The highest BCUT2D eigenvalue weighted by Gasteiger charge is 2.29. The highest BCUT2D eigenvalue weighted by atomic mass is 16.5. The van der Waals surface area contributed by atoms with Crippen LogP contribution in [0, 0.1) is 5.41 Å². The summed E-state index contributed by atoms with van der Waals surface area (Å²) in [7, 11) is 0. The van der Waals surface area contributed by atoms with E-state index < -0.39 is 5.97 Å². The van der Waals surface area contributed by atoms with Gasteiger partial charge in [0, 0.05) is 19.8 Å². The number of ether oxygens (including phenoxy) is 1. The molecule has 6 nitrogen and oxygen atoms in total. The average molecular weight is 290 g/mol. The molecule has 1 aromatic heterocycles. The van der Waals surface area contributed by atoms with E-state index in [1.165, 1.54) is 6.07 Å². The molecule has 2 heterocycles. The molecule has 2 aromatic rings. The largest absolute Gasteiger partial charge is 0.478 e. The topological polar surface area (TPSA) is 84.3 Å². The number of hydrogen-bond donors (Lipinski definition) is 2. The van der Waals surface area contributed by atoms with Gasteiger partial charge < -0.3 is 14.8 Å². The molecule has 1 aliphatic heterocycles. The lowest BCUT2D eigenvalue weighted by molar-refractivity contribution is 0.0156. The van der Waals surface area contributed by atoms with Crippen molar-refractivity contribution in [3.63, 3.8) is 0 Å². The van der Waals surface area contributed by atoms with Crippen LogP contribution < -0.4 is 5.69 Å². The second-order valence-corrected chi connectivity index (χ2v) is 5.94. The number of H-pyrrole nitrogens is 1. The van der Waals surface area contributed by atoms with Crippen LogP contribution in [0.5, 0.6) is 0 Å². The molecule has 112 valence electrons. The maximum atomic E-state index is 12.2. The van der Waals surface area contributed by atoms with E-state index in [1.54, 1.807) is 16.7 Å². The van der Waals surface area contributed by atoms with Gasteiger partial charge in [-0.3, -0.25) is 4.57 Å². The number of fused-ring (bicyclic) bond motifs is 1. The van der Waals surface area contributed by atoms with Crippen LogP contribution in [-0.2, 0) is 11.3 Å². The first-order valence-corrected chi connectivity index (χ1v) is 7.03. The Labute approximate surface area is 121 Å². The first-order valence-electron chi connectivity index (χ1n) is 7.03. The Hall–Kier alpha value is -2.08. The first-order chi connectivity index (χ1) is 10.0. The van der Waals surface area contributed by atoms with Crippen LogP contribution in [0.15, 0.2) is 23.0 Å². The summed E-state index contributed by atoms with van der Waals surface area (Å²) in [6.07, 6.45) is 1.79. The van der Waals surface area contributed by atoms with Crippen molar-refractivity contribution in [3.05, 3.63) is 34.2 Å². The zero-order valence-electron chi connectivity index (χ0n) is 11.9. The molecule has 1 fully saturated rings. The number of rotatable bonds is 3. The van der Waals surface area contributed by atoms with Crippen molar-refractivity contribution in [1.29, 1.82) is 0 Å². The molecule has 0 aliphatic carbocycles. The van der Waals surface area contributed by atoms with Gasteiger partial charge in [-0.2, -0.15) is 0 Å². The molecule has 0 amide bonds. The summed E-state index contributed by atoms with van der Waals surface area (Å²) in [5.41, 5.74) is 0.904. The third kappa shape index (κ3) is 2.47. The van der Waals surface area contributed by atoms with Gasteiger partial charge in [-0.15, -0.1) is 0 Å². The number of nitrogens with one attached hydrogen (secondary N) is 1. The highest BCUT2D eigenvalue weighted by molar-refractivity contribution is 6.00. The lowest BCUT2D eigenvalue weighted by Crippen LogP contribution is -2.34. The quantitative estimate of drug-likeness (QED) is 0.903. The molecular formula is C15H18N2O4. The molecule has 0 bridgehead atoms. The van der Waals surface area contributed by atoms with Gasteiger partial charge in [-0.1, -0.05) is 13.0 Å². The van der Waals surface area contributed by atoms with Crippen LogP contribution in [0.3, 0.4) is 0 Å². The van der Waals surface area contributed by atoms with Crippen molar-refractivity contribution in [2.45, 2.75) is 26.3 Å². The van der Waals surface area contributed by atoms with Crippen molar-refractivity contribution in [1.82, 2.24) is 9.55 Å². The average Bonchev–Trinajstić information content (AvgIpc) is 2.75. The van der Waals surface area contributed by atoms with Gasteiger partial charge in [0.05, 0.1) is 16.6 Å². The Morgan fingerprint density at radius 2 is 2.14 bits per heavy atom. The number of imidazole rings is 1. The lowest BCUT2D eigenvalue weighted by atomic mass is 9.82. The van der Waals surface area contributed by atoms with E-state index in [0.29, 0.717) is 30.8 Å². The monoisotopic (exact) mass is 290 g/mol. The number of hydrogen-bond acceptors (Lipinski definition) is 3. The molecule has 3 rings (SSSR count). The molecule has 6 heteroatoms. The number of carbonyl (C=O) groups is 1. The maximum absolute atomic E-state index is 12.2. The Kier molecular flexibility index (Phi) is 3.33. The number of benzene rings is 1. The van der Waals surface area contributed by atoms with E-state index in [1.807, 2.05) is 0 Å². The number of aromatic carboxylic acids is 1. The second-order valence-electron chi connectivity index (χ2n) is 5.94. The van der Waals surface area contributed by atoms with E-state index in [-0.39, 0.29) is 16.7 Å². The van der Waals surface area contributed by atoms with E-state index in [0.717, 1.165) is 12.8 Å². The molecule has 1 aliphatic rings. The van der Waals surface area contributed by atoms with Gasteiger partial charge in [-0.05, 0) is 30.4 Å². The Morgan fingerprint density at radius 1 is 1.43 bits per heavy atom. The van der Waals surface area contributed by atoms with E-state index in [4.69, 9.17) is 4.74 Å². The maximum Gasteiger partial charge on any atom is 0.337 e. The molecule has 0 saturated carbocycles. The normalized spacial score (nSPS) is 18.0. The molecule has 0 radical (unpaired) electrons. The number of nitrogens with zero attached hydrogens (tertiary/aromatic N) is 1. The van der Waals surface area contributed by atoms with Crippen molar-refractivity contribution < 1.29 is 14.6 Å². The van der Waals surface area contributed by atoms with Gasteiger partial charge in [0.25, 0.3) is 0 Å². The van der Waals surface area contributed by atoms with Crippen LogP contribution >= 0.6 is 0 Å². The van der Waals surface area contributed by atoms with E-state index in [2.05, 4.69) is 11.9 Å². The molecule has 1 aromatic carbocycles. The van der Waals surface area contributed by atoms with E-state index >= 15 is 0 Å². The Balaban J connectivity index is 2.07. The highest BCUT2D eigenvalue weighted by Crippen LogP contribution is 2.32.